The summed E-state index contributed by atoms with van der Waals surface area (Å²) in [5, 5.41) is 31.4. The molecule has 1 unspecified atom stereocenters. The van der Waals surface area contributed by atoms with Crippen LogP contribution in [-0.2, 0) is 4.79 Å². The highest BCUT2D eigenvalue weighted by atomic mass is 19.1. The first-order valence-electron chi connectivity index (χ1n) is 14.3. The fourth-order valence-electron chi connectivity index (χ4n) is 6.38. The molecule has 1 atom stereocenters. The van der Waals surface area contributed by atoms with Crippen LogP contribution in [0.1, 0.15) is 43.2 Å². The van der Waals surface area contributed by atoms with Crippen molar-refractivity contribution in [2.75, 3.05) is 25.5 Å². The predicted octanol–water partition coefficient (Wildman–Crippen LogP) is 5.07. The normalized spacial score (nSPS) is 22.4. The minimum atomic E-state index is -1.26. The summed E-state index contributed by atoms with van der Waals surface area (Å²) in [4.78, 5) is 22.5. The summed E-state index contributed by atoms with van der Waals surface area (Å²) in [6.07, 6.45) is 4.53. The number of carbonyl (C=O) groups is 1. The Morgan fingerprint density at radius 1 is 1.16 bits per heavy atom. The number of phenolic OH excluding ortho intramolecular Hbond substituents is 1. The summed E-state index contributed by atoms with van der Waals surface area (Å²) in [7, 11) is 1.84. The Hall–Kier alpha value is -4.94. The molecule has 0 saturated heterocycles. The van der Waals surface area contributed by atoms with Crippen molar-refractivity contribution in [1.29, 1.82) is 5.41 Å². The third-order valence-corrected chi connectivity index (χ3v) is 8.87. The fraction of sp³-hybridized carbons (Fsp3) is 0.355. The van der Waals surface area contributed by atoms with E-state index in [0.717, 1.165) is 25.5 Å². The number of anilines is 1. The zero-order valence-electron chi connectivity index (χ0n) is 23.9. The van der Waals surface area contributed by atoms with E-state index in [-0.39, 0.29) is 34.7 Å². The van der Waals surface area contributed by atoms with Gasteiger partial charge in [-0.1, -0.05) is 0 Å². The van der Waals surface area contributed by atoms with E-state index in [0.29, 0.717) is 48.9 Å². The molecule has 1 aromatic heterocycles. The van der Waals surface area contributed by atoms with Crippen LogP contribution >= 0.6 is 0 Å². The van der Waals surface area contributed by atoms with Crippen molar-refractivity contribution in [3.63, 3.8) is 0 Å². The second-order valence-electron chi connectivity index (χ2n) is 11.5. The number of aromatic hydroxyl groups is 1. The van der Waals surface area contributed by atoms with Gasteiger partial charge in [-0.25, -0.2) is 9.37 Å². The van der Waals surface area contributed by atoms with E-state index in [9.17, 15) is 19.4 Å². The molecule has 0 radical (unpaired) electrons. The van der Waals surface area contributed by atoms with Gasteiger partial charge in [0.25, 0.3) is 5.88 Å². The number of carboxylic acid groups (broad SMARTS) is 1. The second kappa shape index (κ2) is 11.3. The highest BCUT2D eigenvalue weighted by Crippen LogP contribution is 2.51. The number of rotatable bonds is 9. The van der Waals surface area contributed by atoms with E-state index >= 15 is 4.39 Å². The number of amidine groups is 2. The maximum absolute atomic E-state index is 15.7. The number of nitrogens with one attached hydrogen (secondary N) is 2. The number of ether oxygens (including phenoxy) is 2. The average molecular weight is 607 g/mol. The summed E-state index contributed by atoms with van der Waals surface area (Å²) in [6, 6.07) is 8.58. The highest BCUT2D eigenvalue weighted by molar-refractivity contribution is 6.03. The largest absolute Gasteiger partial charge is 0.504 e. The van der Waals surface area contributed by atoms with Crippen LogP contribution in [0.4, 0.5) is 14.5 Å². The maximum Gasteiger partial charge on any atom is 0.311 e. The molecule has 0 spiro atoms. The predicted molar refractivity (Wildman–Crippen MR) is 158 cm³/mol. The van der Waals surface area contributed by atoms with Gasteiger partial charge in [-0.3, -0.25) is 15.2 Å². The van der Waals surface area contributed by atoms with Gasteiger partial charge in [0.05, 0.1) is 23.7 Å². The number of nitrogens with two attached hydrogens (primary N) is 1. The molecule has 230 valence electrons. The van der Waals surface area contributed by atoms with E-state index in [1.165, 1.54) is 18.2 Å². The molecule has 6 N–H and O–H groups in total. The molecule has 7 rings (SSSR count). The zero-order chi connectivity index (χ0) is 31.2. The van der Waals surface area contributed by atoms with E-state index in [2.05, 4.69) is 15.3 Å². The van der Waals surface area contributed by atoms with E-state index < -0.39 is 34.6 Å². The van der Waals surface area contributed by atoms with Crippen molar-refractivity contribution in [2.45, 2.75) is 38.1 Å². The minimum Gasteiger partial charge on any atom is -0.504 e. The Morgan fingerprint density at radius 3 is 2.61 bits per heavy atom. The minimum absolute atomic E-state index is 0.109. The van der Waals surface area contributed by atoms with Crippen LogP contribution in [0.5, 0.6) is 28.9 Å². The molecule has 4 aliphatic rings. The number of fused-ring (bicyclic) bond motifs is 3. The van der Waals surface area contributed by atoms with Gasteiger partial charge in [0.1, 0.15) is 17.4 Å². The molecule has 44 heavy (non-hydrogen) atoms. The van der Waals surface area contributed by atoms with Crippen molar-refractivity contribution in [3.05, 3.63) is 65.4 Å². The number of aliphatic carboxylic acids is 1. The molecule has 13 heteroatoms. The number of likely N-dealkylation sites (N-methyl/N-ethyl adjacent to an activating group) is 1. The third-order valence-electron chi connectivity index (χ3n) is 8.87. The van der Waals surface area contributed by atoms with Crippen LogP contribution in [0.15, 0.2) is 47.6 Å². The average Bonchev–Trinajstić information content (AvgIpc) is 3.44. The van der Waals surface area contributed by atoms with Gasteiger partial charge in [0.15, 0.2) is 17.3 Å². The molecule has 1 aliphatic heterocycles. The molecule has 2 heterocycles. The van der Waals surface area contributed by atoms with Crippen molar-refractivity contribution < 1.29 is 33.3 Å². The lowest BCUT2D eigenvalue weighted by Crippen LogP contribution is -2.54. The topological polar surface area (TPSA) is 166 Å². The molecular formula is C31H32F2N6O5. The standard InChI is InChI=1S/C31H32F2N6O5/c1-39-11-10-36-28(39)19-14-18(38-24-12-16-6-8-31(24,9-7-16)30(41)42)3-5-22(19)43-26-20(32)15-37-29(25(26)33)44-23-13-17(27(34)35)2-4-21(23)40/h2-5,13-16,24,38,40H,6-12H2,1H3,(H3,34,35)(H,41,42). The first-order valence-corrected chi connectivity index (χ1v) is 14.3. The van der Waals surface area contributed by atoms with Crippen molar-refractivity contribution in [1.82, 2.24) is 9.88 Å². The molecular weight excluding hydrogens is 574 g/mol. The van der Waals surface area contributed by atoms with E-state index in [1.807, 2.05) is 11.9 Å². The fourth-order valence-corrected chi connectivity index (χ4v) is 6.38. The number of hydrogen-bond donors (Lipinski definition) is 5. The summed E-state index contributed by atoms with van der Waals surface area (Å²) >= 11 is 0. The summed E-state index contributed by atoms with van der Waals surface area (Å²) < 4.78 is 41.9. The molecule has 3 aromatic rings. The number of aromatic nitrogens is 1. The molecule has 2 aromatic carbocycles. The van der Waals surface area contributed by atoms with Gasteiger partial charge in [-0.05, 0) is 74.4 Å². The molecule has 11 nitrogen and oxygen atoms in total. The van der Waals surface area contributed by atoms with E-state index in [1.54, 1.807) is 18.2 Å². The first kappa shape index (κ1) is 29.1. The summed E-state index contributed by atoms with van der Waals surface area (Å²) in [5.41, 5.74) is 5.98. The molecule has 0 amide bonds. The number of aliphatic imine (C=N–C) groups is 1. The van der Waals surface area contributed by atoms with Gasteiger partial charge >= 0.3 is 5.97 Å². The van der Waals surface area contributed by atoms with Crippen molar-refractivity contribution >= 4 is 23.3 Å². The van der Waals surface area contributed by atoms with Gasteiger partial charge < -0.3 is 35.6 Å². The van der Waals surface area contributed by atoms with Crippen molar-refractivity contribution in [3.8, 4) is 28.9 Å². The smallest absolute Gasteiger partial charge is 0.311 e. The van der Waals surface area contributed by atoms with Crippen LogP contribution in [0.2, 0.25) is 0 Å². The Kier molecular flexibility index (Phi) is 7.48. The van der Waals surface area contributed by atoms with Crippen LogP contribution in [0.25, 0.3) is 0 Å². The zero-order valence-corrected chi connectivity index (χ0v) is 23.9. The molecule has 3 aliphatic carbocycles. The number of halogens is 2. The summed E-state index contributed by atoms with van der Waals surface area (Å²) in [6.45, 7) is 1.16. The Morgan fingerprint density at radius 2 is 1.93 bits per heavy atom. The number of nitrogens with zero attached hydrogens (tertiary/aromatic N) is 3. The number of hydrogen-bond acceptors (Lipinski definition) is 9. The van der Waals surface area contributed by atoms with E-state index in [4.69, 9.17) is 20.6 Å². The monoisotopic (exact) mass is 606 g/mol. The highest BCUT2D eigenvalue weighted by Gasteiger charge is 2.53. The second-order valence-corrected chi connectivity index (χ2v) is 11.5. The maximum atomic E-state index is 15.7. The lowest BCUT2D eigenvalue weighted by Gasteiger charge is -2.49. The SMILES string of the molecule is CN1CCN=C1c1cc(NC2CC3CCC2(C(=O)O)CC3)ccc1Oc1c(F)cnc(Oc2cc(C(=N)N)ccc2O)c1F. The first-order chi connectivity index (χ1) is 21.1. The molecule has 3 fully saturated rings. The number of nitrogen functional groups attached to an aromatic ring is 1. The lowest BCUT2D eigenvalue weighted by molar-refractivity contribution is -0.156. The van der Waals surface area contributed by atoms with Gasteiger partial charge in [0, 0.05) is 30.9 Å². The van der Waals surface area contributed by atoms with Crippen LogP contribution < -0.4 is 20.5 Å². The molecule has 2 bridgehead atoms. The van der Waals surface area contributed by atoms with Gasteiger partial charge in [-0.2, -0.15) is 4.39 Å². The van der Waals surface area contributed by atoms with Crippen molar-refractivity contribution in [2.24, 2.45) is 22.1 Å². The number of phenols is 1. The third kappa shape index (κ3) is 5.22. The van der Waals surface area contributed by atoms with Crippen LogP contribution in [0.3, 0.4) is 0 Å². The van der Waals surface area contributed by atoms with Crippen LogP contribution in [0, 0.1) is 28.4 Å². The Balaban J connectivity index is 1.33. The number of carboxylic acids is 1. The van der Waals surface area contributed by atoms with Gasteiger partial charge in [0.2, 0.25) is 11.6 Å². The van der Waals surface area contributed by atoms with Crippen LogP contribution in [-0.4, -0.2) is 63.9 Å². The Bertz CT molecular complexity index is 1670. The number of pyridine rings is 1. The quantitative estimate of drug-likeness (QED) is 0.165. The summed E-state index contributed by atoms with van der Waals surface area (Å²) in [5.74, 6) is -4.36. The Labute approximate surface area is 251 Å². The molecule has 3 saturated carbocycles. The number of benzene rings is 2. The van der Waals surface area contributed by atoms with Gasteiger partial charge in [-0.15, -0.1) is 0 Å². The lowest BCUT2D eigenvalue weighted by atomic mass is 9.58.